The van der Waals surface area contributed by atoms with Crippen molar-refractivity contribution in [3.63, 3.8) is 0 Å². The Morgan fingerprint density at radius 3 is 2.21 bits per heavy atom. The van der Waals surface area contributed by atoms with E-state index in [1.807, 2.05) is 0 Å². The molecule has 1 aliphatic carbocycles. The van der Waals surface area contributed by atoms with Gasteiger partial charge < -0.3 is 40.7 Å². The van der Waals surface area contributed by atoms with Crippen LogP contribution < -0.4 is 11.1 Å². The lowest BCUT2D eigenvalue weighted by Gasteiger charge is -2.27. The molecular formula is C18H35N2O15P3. The van der Waals surface area contributed by atoms with E-state index >= 15 is 0 Å². The molecule has 0 aromatic carbocycles. The first-order valence-electron chi connectivity index (χ1n) is 11.9. The minimum Gasteiger partial charge on any atom is -0.481 e. The summed E-state index contributed by atoms with van der Waals surface area (Å²) in [5.41, 5.74) is 5.47. The minimum absolute atomic E-state index is 0.162. The molecule has 5 unspecified atom stereocenters. The lowest BCUT2D eigenvalue weighted by molar-refractivity contribution is -0.137. The molecule has 222 valence electrons. The third-order valence-electron chi connectivity index (χ3n) is 5.90. The normalized spacial score (nSPS) is 28.1. The molecule has 2 aliphatic rings. The van der Waals surface area contributed by atoms with Gasteiger partial charge in [0.1, 0.15) is 6.10 Å². The number of carboxylic acid groups (broad SMARTS) is 1. The van der Waals surface area contributed by atoms with Crippen molar-refractivity contribution in [2.24, 2.45) is 11.7 Å². The maximum Gasteiger partial charge on any atom is 0.490 e. The van der Waals surface area contributed by atoms with Crippen LogP contribution in [-0.4, -0.2) is 80.9 Å². The van der Waals surface area contributed by atoms with E-state index in [-0.39, 0.29) is 24.9 Å². The van der Waals surface area contributed by atoms with Crippen LogP contribution in [0, 0.1) is 5.92 Å². The number of ether oxygens (including phenoxy) is 1. The number of aliphatic hydroxyl groups excluding tert-OH is 1. The standard InChI is InChI=1S/C18H35N2O15P3/c19-13(6-7-17(22)23)18(24)20-8-9-31-36(25,26)34-38(29,30)35-37(27,28)32-11-16-14(21)10-15(33-16)12-4-2-1-3-5-12/h12-16,21H,1-11,19H2,(H,20,24)(H,22,23)(H,25,26)(H,27,28)(H,29,30)/t13?,14?,15-,16-/m1/s1. The van der Waals surface area contributed by atoms with E-state index in [9.17, 15) is 43.1 Å². The van der Waals surface area contributed by atoms with Gasteiger partial charge in [-0.05, 0) is 25.2 Å². The van der Waals surface area contributed by atoms with Crippen LogP contribution in [0.3, 0.4) is 0 Å². The monoisotopic (exact) mass is 612 g/mol. The van der Waals surface area contributed by atoms with Gasteiger partial charge in [-0.25, -0.2) is 13.7 Å². The van der Waals surface area contributed by atoms with Crippen LogP contribution in [0.25, 0.3) is 0 Å². The van der Waals surface area contributed by atoms with Gasteiger partial charge >= 0.3 is 29.4 Å². The Morgan fingerprint density at radius 2 is 1.61 bits per heavy atom. The summed E-state index contributed by atoms with van der Waals surface area (Å²) in [6.45, 7) is -1.81. The highest BCUT2D eigenvalue weighted by atomic mass is 31.3. The zero-order valence-corrected chi connectivity index (χ0v) is 23.1. The van der Waals surface area contributed by atoms with E-state index in [1.165, 1.54) is 0 Å². The van der Waals surface area contributed by atoms with Crippen molar-refractivity contribution in [3.05, 3.63) is 0 Å². The molecule has 0 aromatic heterocycles. The third kappa shape index (κ3) is 12.2. The topological polar surface area (TPSA) is 271 Å². The zero-order chi connectivity index (χ0) is 28.6. The molecule has 17 nitrogen and oxygen atoms in total. The maximum absolute atomic E-state index is 12.1. The van der Waals surface area contributed by atoms with Crippen molar-refractivity contribution < 1.29 is 70.6 Å². The second kappa shape index (κ2) is 14.7. The van der Waals surface area contributed by atoms with Gasteiger partial charge in [-0.2, -0.15) is 8.62 Å². The first-order valence-corrected chi connectivity index (χ1v) is 16.4. The second-order valence-electron chi connectivity index (χ2n) is 8.94. The van der Waals surface area contributed by atoms with Gasteiger partial charge in [0.15, 0.2) is 0 Å². The zero-order valence-electron chi connectivity index (χ0n) is 20.4. The molecule has 0 spiro atoms. The number of aliphatic carboxylic acids is 1. The van der Waals surface area contributed by atoms with Gasteiger partial charge in [-0.1, -0.05) is 19.3 Å². The minimum atomic E-state index is -5.69. The van der Waals surface area contributed by atoms with Crippen LogP contribution in [0.1, 0.15) is 51.4 Å². The summed E-state index contributed by atoms with van der Waals surface area (Å²) >= 11 is 0. The number of hydrogen-bond acceptors (Lipinski definition) is 12. The molecule has 20 heteroatoms. The van der Waals surface area contributed by atoms with Crippen LogP contribution in [0.5, 0.6) is 0 Å². The number of phosphoric acid groups is 3. The smallest absolute Gasteiger partial charge is 0.481 e. The Labute approximate surface area is 218 Å². The van der Waals surface area contributed by atoms with Gasteiger partial charge in [-0.15, -0.1) is 0 Å². The summed E-state index contributed by atoms with van der Waals surface area (Å²) in [7, 11) is -16.4. The van der Waals surface area contributed by atoms with Gasteiger partial charge in [0, 0.05) is 19.4 Å². The summed E-state index contributed by atoms with van der Waals surface area (Å²) < 4.78 is 58.7. The quantitative estimate of drug-likeness (QED) is 0.0936. The van der Waals surface area contributed by atoms with Crippen molar-refractivity contribution >= 4 is 35.3 Å². The molecule has 7 atom stereocenters. The van der Waals surface area contributed by atoms with E-state index < -0.39 is 73.4 Å². The molecule has 2 rings (SSSR count). The van der Waals surface area contributed by atoms with E-state index in [1.54, 1.807) is 0 Å². The SMILES string of the molecule is NC(CCC(=O)O)C(=O)NCCOP(=O)(O)OP(=O)(O)OP(=O)(O)OC[C@H]1O[C@@H](C2CCCCC2)CC1O. The maximum atomic E-state index is 12.1. The van der Waals surface area contributed by atoms with Crippen LogP contribution >= 0.6 is 23.5 Å². The van der Waals surface area contributed by atoms with Crippen LogP contribution in [0.2, 0.25) is 0 Å². The number of hydrogen-bond donors (Lipinski definition) is 7. The van der Waals surface area contributed by atoms with E-state index in [4.69, 9.17) is 15.6 Å². The molecular weight excluding hydrogens is 577 g/mol. The number of carboxylic acids is 1. The predicted molar refractivity (Wildman–Crippen MR) is 127 cm³/mol. The van der Waals surface area contributed by atoms with E-state index in [0.717, 1.165) is 32.1 Å². The Kier molecular flexibility index (Phi) is 13.0. The first-order chi connectivity index (χ1) is 17.6. The molecule has 2 fully saturated rings. The summed E-state index contributed by atoms with van der Waals surface area (Å²) in [5.74, 6) is -1.69. The van der Waals surface area contributed by atoms with Crippen molar-refractivity contribution in [1.82, 2.24) is 5.32 Å². The first kappa shape index (κ1) is 33.4. The molecule has 38 heavy (non-hydrogen) atoms. The fourth-order valence-corrected chi connectivity index (χ4v) is 7.60. The van der Waals surface area contributed by atoms with Gasteiger partial charge in [0.2, 0.25) is 5.91 Å². The lowest BCUT2D eigenvalue weighted by Crippen LogP contribution is -2.42. The second-order valence-corrected chi connectivity index (χ2v) is 13.6. The largest absolute Gasteiger partial charge is 0.490 e. The van der Waals surface area contributed by atoms with E-state index in [0.29, 0.717) is 6.42 Å². The van der Waals surface area contributed by atoms with Gasteiger partial charge in [0.25, 0.3) is 0 Å². The number of nitrogens with one attached hydrogen (secondary N) is 1. The van der Waals surface area contributed by atoms with Crippen molar-refractivity contribution in [2.45, 2.75) is 75.7 Å². The Balaban J connectivity index is 1.74. The highest BCUT2D eigenvalue weighted by Gasteiger charge is 2.44. The van der Waals surface area contributed by atoms with Crippen molar-refractivity contribution in [3.8, 4) is 0 Å². The van der Waals surface area contributed by atoms with Crippen molar-refractivity contribution in [1.29, 1.82) is 0 Å². The molecule has 1 saturated carbocycles. The molecule has 0 bridgehead atoms. The van der Waals surface area contributed by atoms with Crippen LogP contribution in [-0.2, 0) is 45.7 Å². The Morgan fingerprint density at radius 1 is 1.00 bits per heavy atom. The Bertz CT molecular complexity index is 946. The number of amides is 1. The number of aliphatic hydroxyl groups is 1. The lowest BCUT2D eigenvalue weighted by atomic mass is 9.84. The molecule has 0 radical (unpaired) electrons. The number of carbonyl (C=O) groups excluding carboxylic acids is 1. The van der Waals surface area contributed by atoms with Crippen LogP contribution in [0.4, 0.5) is 0 Å². The summed E-state index contributed by atoms with van der Waals surface area (Å²) in [6, 6.07) is -1.16. The fourth-order valence-electron chi connectivity index (χ4n) is 4.09. The summed E-state index contributed by atoms with van der Waals surface area (Å²) in [6.07, 6.45) is 2.62. The number of nitrogens with two attached hydrogens (primary N) is 1. The van der Waals surface area contributed by atoms with Gasteiger partial charge in [-0.3, -0.25) is 18.6 Å². The highest BCUT2D eigenvalue weighted by molar-refractivity contribution is 7.66. The summed E-state index contributed by atoms with van der Waals surface area (Å²) in [4.78, 5) is 51.2. The average molecular weight is 612 g/mol. The average Bonchev–Trinajstić information content (AvgIpc) is 3.18. The number of carbonyl (C=O) groups is 2. The molecule has 1 saturated heterocycles. The van der Waals surface area contributed by atoms with Crippen LogP contribution in [0.15, 0.2) is 0 Å². The highest BCUT2D eigenvalue weighted by Crippen LogP contribution is 2.67. The molecule has 1 amide bonds. The molecule has 0 aromatic rings. The fraction of sp³-hybridized carbons (Fsp3) is 0.889. The molecule has 8 N–H and O–H groups in total. The molecule has 1 aliphatic heterocycles. The molecule has 1 heterocycles. The number of phosphoric ester groups is 2. The van der Waals surface area contributed by atoms with Crippen molar-refractivity contribution in [2.75, 3.05) is 19.8 Å². The number of rotatable bonds is 16. The third-order valence-corrected chi connectivity index (χ3v) is 10.2. The van der Waals surface area contributed by atoms with Gasteiger partial charge in [0.05, 0.1) is 31.5 Å². The predicted octanol–water partition coefficient (Wildman–Crippen LogP) is 0.761. The Hall–Kier alpha value is -0.770. The van der Waals surface area contributed by atoms with E-state index in [2.05, 4.69) is 23.0 Å². The summed E-state index contributed by atoms with van der Waals surface area (Å²) in [5, 5.41) is 20.9.